The molecule has 1 saturated heterocycles. The quantitative estimate of drug-likeness (QED) is 0.906. The van der Waals surface area contributed by atoms with Crippen molar-refractivity contribution in [2.24, 2.45) is 11.3 Å². The highest BCUT2D eigenvalue weighted by Crippen LogP contribution is 2.37. The lowest BCUT2D eigenvalue weighted by molar-refractivity contribution is 0.0967. The predicted molar refractivity (Wildman–Crippen MR) is 78.8 cm³/mol. The highest BCUT2D eigenvalue weighted by molar-refractivity contribution is 5.49. The minimum absolute atomic E-state index is 0.233. The van der Waals surface area contributed by atoms with Crippen molar-refractivity contribution in [3.8, 4) is 5.75 Å². The fourth-order valence-corrected chi connectivity index (χ4v) is 2.69. The van der Waals surface area contributed by atoms with Crippen molar-refractivity contribution in [1.82, 2.24) is 0 Å². The highest BCUT2D eigenvalue weighted by Gasteiger charge is 2.34. The van der Waals surface area contributed by atoms with Gasteiger partial charge in [-0.3, -0.25) is 0 Å². The number of hydrogen-bond donors (Lipinski definition) is 1. The van der Waals surface area contributed by atoms with E-state index in [9.17, 15) is 5.11 Å². The van der Waals surface area contributed by atoms with Crippen LogP contribution in [0.15, 0.2) is 24.3 Å². The number of aliphatic hydroxyl groups is 1. The first-order valence-electron chi connectivity index (χ1n) is 7.15. The van der Waals surface area contributed by atoms with Gasteiger partial charge in [-0.15, -0.1) is 0 Å². The maximum Gasteiger partial charge on any atom is 0.119 e. The van der Waals surface area contributed by atoms with E-state index >= 15 is 0 Å². The van der Waals surface area contributed by atoms with E-state index in [1.165, 1.54) is 5.69 Å². The highest BCUT2D eigenvalue weighted by atomic mass is 16.5. The van der Waals surface area contributed by atoms with Crippen LogP contribution in [0.1, 0.15) is 27.2 Å². The number of anilines is 1. The molecule has 0 saturated carbocycles. The number of piperidine rings is 1. The summed E-state index contributed by atoms with van der Waals surface area (Å²) in [7, 11) is 0. The first-order chi connectivity index (χ1) is 9.06. The number of nitrogens with zero attached hydrogens (tertiary/aromatic N) is 1. The van der Waals surface area contributed by atoms with Crippen LogP contribution in [0, 0.1) is 11.3 Å². The molecule has 1 heterocycles. The Bertz CT molecular complexity index is 400. The Morgan fingerprint density at radius 1 is 1.32 bits per heavy atom. The molecule has 1 aliphatic heterocycles. The van der Waals surface area contributed by atoms with Crippen molar-refractivity contribution < 1.29 is 9.84 Å². The summed E-state index contributed by atoms with van der Waals surface area (Å²) in [6, 6.07) is 8.26. The number of rotatable bonds is 4. The molecule has 106 valence electrons. The third kappa shape index (κ3) is 3.21. The Balaban J connectivity index is 2.06. The topological polar surface area (TPSA) is 32.7 Å². The molecule has 0 spiro atoms. The second-order valence-corrected chi connectivity index (χ2v) is 5.99. The van der Waals surface area contributed by atoms with Crippen LogP contribution in [0.2, 0.25) is 0 Å². The summed E-state index contributed by atoms with van der Waals surface area (Å²) in [6.45, 7) is 9.44. The van der Waals surface area contributed by atoms with Crippen molar-refractivity contribution in [1.29, 1.82) is 0 Å². The zero-order chi connectivity index (χ0) is 13.9. The first kappa shape index (κ1) is 14.2. The van der Waals surface area contributed by atoms with Crippen LogP contribution in [-0.2, 0) is 0 Å². The van der Waals surface area contributed by atoms with Gasteiger partial charge in [0, 0.05) is 31.3 Å². The number of ether oxygens (including phenoxy) is 1. The van der Waals surface area contributed by atoms with Crippen LogP contribution >= 0.6 is 0 Å². The van der Waals surface area contributed by atoms with Gasteiger partial charge in [0.25, 0.3) is 0 Å². The largest absolute Gasteiger partial charge is 0.494 e. The lowest BCUT2D eigenvalue weighted by Gasteiger charge is -2.44. The van der Waals surface area contributed by atoms with Gasteiger partial charge >= 0.3 is 0 Å². The zero-order valence-electron chi connectivity index (χ0n) is 12.2. The lowest BCUT2D eigenvalue weighted by Crippen LogP contribution is -2.46. The third-order valence-corrected chi connectivity index (χ3v) is 4.31. The summed E-state index contributed by atoms with van der Waals surface area (Å²) in [5.41, 5.74) is 1.45. The van der Waals surface area contributed by atoms with Crippen molar-refractivity contribution in [2.75, 3.05) is 31.2 Å². The fourth-order valence-electron chi connectivity index (χ4n) is 2.69. The average Bonchev–Trinajstić information content (AvgIpc) is 2.40. The van der Waals surface area contributed by atoms with Crippen LogP contribution < -0.4 is 9.64 Å². The van der Waals surface area contributed by atoms with Gasteiger partial charge in [0.2, 0.25) is 0 Å². The standard InChI is InChI=1S/C16H25NO2/c1-4-19-15-7-5-14(6-8-15)17-10-9-16(2,3)13(11-17)12-18/h5-8,13,18H,4,9-12H2,1-3H3. The molecular formula is C16H25NO2. The summed E-state index contributed by atoms with van der Waals surface area (Å²) < 4.78 is 5.47. The maximum absolute atomic E-state index is 9.56. The molecule has 0 aromatic heterocycles. The van der Waals surface area contributed by atoms with E-state index in [4.69, 9.17) is 4.74 Å². The second kappa shape index (κ2) is 5.83. The molecule has 0 bridgehead atoms. The van der Waals surface area contributed by atoms with Crippen LogP contribution in [-0.4, -0.2) is 31.4 Å². The fraction of sp³-hybridized carbons (Fsp3) is 0.625. The predicted octanol–water partition coefficient (Wildman–Crippen LogP) is 2.93. The zero-order valence-corrected chi connectivity index (χ0v) is 12.2. The molecule has 1 fully saturated rings. The van der Waals surface area contributed by atoms with Crippen molar-refractivity contribution in [2.45, 2.75) is 27.2 Å². The summed E-state index contributed by atoms with van der Waals surface area (Å²) in [5.74, 6) is 1.26. The van der Waals surface area contributed by atoms with Gasteiger partial charge in [0.1, 0.15) is 5.75 Å². The van der Waals surface area contributed by atoms with E-state index in [-0.39, 0.29) is 12.0 Å². The third-order valence-electron chi connectivity index (χ3n) is 4.31. The molecule has 0 aliphatic carbocycles. The molecule has 19 heavy (non-hydrogen) atoms. The Kier molecular flexibility index (Phi) is 4.35. The van der Waals surface area contributed by atoms with E-state index in [0.29, 0.717) is 12.5 Å². The van der Waals surface area contributed by atoms with Gasteiger partial charge < -0.3 is 14.7 Å². The lowest BCUT2D eigenvalue weighted by atomic mass is 9.73. The molecular weight excluding hydrogens is 238 g/mol. The Morgan fingerprint density at radius 3 is 2.58 bits per heavy atom. The van der Waals surface area contributed by atoms with Gasteiger partial charge in [0.05, 0.1) is 6.61 Å². The summed E-state index contributed by atoms with van der Waals surface area (Å²) in [5, 5.41) is 9.56. The summed E-state index contributed by atoms with van der Waals surface area (Å²) in [4.78, 5) is 2.36. The van der Waals surface area contributed by atoms with E-state index in [0.717, 1.165) is 25.3 Å². The van der Waals surface area contributed by atoms with Crippen LogP contribution in [0.25, 0.3) is 0 Å². The number of benzene rings is 1. The molecule has 1 unspecified atom stereocenters. The van der Waals surface area contributed by atoms with E-state index in [1.54, 1.807) is 0 Å². The van der Waals surface area contributed by atoms with Crippen molar-refractivity contribution in [3.63, 3.8) is 0 Å². The summed E-state index contributed by atoms with van der Waals surface area (Å²) >= 11 is 0. The van der Waals surface area contributed by atoms with Crippen LogP contribution in [0.4, 0.5) is 5.69 Å². The molecule has 0 radical (unpaired) electrons. The van der Waals surface area contributed by atoms with Gasteiger partial charge in [-0.25, -0.2) is 0 Å². The minimum Gasteiger partial charge on any atom is -0.494 e. The van der Waals surface area contributed by atoms with Gasteiger partial charge in [0.15, 0.2) is 0 Å². The van der Waals surface area contributed by atoms with Crippen molar-refractivity contribution in [3.05, 3.63) is 24.3 Å². The average molecular weight is 263 g/mol. The Morgan fingerprint density at radius 2 is 2.00 bits per heavy atom. The molecule has 2 rings (SSSR count). The SMILES string of the molecule is CCOc1ccc(N2CCC(C)(C)C(CO)C2)cc1. The molecule has 3 nitrogen and oxygen atoms in total. The number of hydrogen-bond acceptors (Lipinski definition) is 3. The molecule has 1 aromatic carbocycles. The van der Waals surface area contributed by atoms with E-state index in [1.807, 2.05) is 19.1 Å². The molecule has 1 atom stereocenters. The number of aliphatic hydroxyl groups excluding tert-OH is 1. The Hall–Kier alpha value is -1.22. The smallest absolute Gasteiger partial charge is 0.119 e. The minimum atomic E-state index is 0.233. The van der Waals surface area contributed by atoms with E-state index < -0.39 is 0 Å². The molecule has 1 N–H and O–H groups in total. The normalized spacial score (nSPS) is 22.3. The molecule has 0 amide bonds. The van der Waals surface area contributed by atoms with Crippen molar-refractivity contribution >= 4 is 5.69 Å². The first-order valence-corrected chi connectivity index (χ1v) is 7.15. The molecule has 1 aromatic rings. The summed E-state index contributed by atoms with van der Waals surface area (Å²) in [6.07, 6.45) is 1.12. The molecule has 1 aliphatic rings. The van der Waals surface area contributed by atoms with Gasteiger partial charge in [-0.1, -0.05) is 13.8 Å². The van der Waals surface area contributed by atoms with Gasteiger partial charge in [-0.05, 0) is 43.0 Å². The monoisotopic (exact) mass is 263 g/mol. The van der Waals surface area contributed by atoms with Gasteiger partial charge in [-0.2, -0.15) is 0 Å². The van der Waals surface area contributed by atoms with Crippen LogP contribution in [0.5, 0.6) is 5.75 Å². The van der Waals surface area contributed by atoms with E-state index in [2.05, 4.69) is 30.9 Å². The molecule has 3 heteroatoms. The maximum atomic E-state index is 9.56. The second-order valence-electron chi connectivity index (χ2n) is 5.99. The Labute approximate surface area is 116 Å². The van der Waals surface area contributed by atoms with Crippen LogP contribution in [0.3, 0.4) is 0 Å².